The summed E-state index contributed by atoms with van der Waals surface area (Å²) in [4.78, 5) is 23.3. The summed E-state index contributed by atoms with van der Waals surface area (Å²) in [5.41, 5.74) is 0. The Labute approximate surface area is 145 Å². The lowest BCUT2D eigenvalue weighted by Gasteiger charge is -2.27. The van der Waals surface area contributed by atoms with Crippen molar-refractivity contribution in [3.8, 4) is 0 Å². The van der Waals surface area contributed by atoms with Crippen molar-refractivity contribution in [2.75, 3.05) is 6.61 Å². The van der Waals surface area contributed by atoms with Crippen LogP contribution in [0.4, 0.5) is 0 Å². The molecule has 0 aromatic rings. The van der Waals surface area contributed by atoms with Crippen molar-refractivity contribution in [1.29, 1.82) is 0 Å². The molecule has 0 saturated heterocycles. The van der Waals surface area contributed by atoms with Gasteiger partial charge in [0.1, 0.15) is 6.61 Å². The van der Waals surface area contributed by atoms with Crippen LogP contribution >= 0.6 is 0 Å². The lowest BCUT2D eigenvalue weighted by atomic mass is 9.79. The molecule has 140 valence electrons. The first-order valence-electron chi connectivity index (χ1n) is 9.63. The van der Waals surface area contributed by atoms with Gasteiger partial charge in [0, 0.05) is 0 Å². The number of aliphatic hydroxyl groups excluding tert-OH is 1. The number of carboxylic acids is 1. The van der Waals surface area contributed by atoms with Crippen molar-refractivity contribution in [1.82, 2.24) is 0 Å². The molecule has 3 unspecified atom stereocenters. The molecule has 1 fully saturated rings. The van der Waals surface area contributed by atoms with Crippen LogP contribution in [0.1, 0.15) is 84.0 Å². The Morgan fingerprint density at radius 2 is 1.58 bits per heavy atom. The Morgan fingerprint density at radius 1 is 1.00 bits per heavy atom. The molecule has 1 saturated carbocycles. The van der Waals surface area contributed by atoms with Gasteiger partial charge in [0.15, 0.2) is 0 Å². The Balaban J connectivity index is 2.15. The number of unbranched alkanes of at least 4 members (excludes halogenated alkanes) is 6. The van der Waals surface area contributed by atoms with Crippen LogP contribution in [-0.4, -0.2) is 34.9 Å². The van der Waals surface area contributed by atoms with E-state index >= 15 is 0 Å². The zero-order chi connectivity index (χ0) is 17.8. The predicted molar refractivity (Wildman–Crippen MR) is 92.7 cm³/mol. The number of carbonyl (C=O) groups excluding carboxylic acids is 1. The second-order valence-electron chi connectivity index (χ2n) is 7.03. The number of aliphatic hydroxyl groups is 1. The van der Waals surface area contributed by atoms with Gasteiger partial charge in [-0.25, -0.2) is 0 Å². The molecule has 0 aromatic heterocycles. The molecule has 0 bridgehead atoms. The first-order chi connectivity index (χ1) is 11.6. The molecule has 3 atom stereocenters. The molecule has 0 heterocycles. The van der Waals surface area contributed by atoms with E-state index in [4.69, 9.17) is 4.74 Å². The fourth-order valence-electron chi connectivity index (χ4n) is 3.41. The number of hydrogen-bond acceptors (Lipinski definition) is 4. The molecule has 1 aliphatic rings. The van der Waals surface area contributed by atoms with E-state index in [-0.39, 0.29) is 6.61 Å². The molecular weight excluding hydrogens is 308 g/mol. The normalized spacial score (nSPS) is 22.1. The van der Waals surface area contributed by atoms with Crippen LogP contribution in [-0.2, 0) is 14.3 Å². The van der Waals surface area contributed by atoms with Gasteiger partial charge in [0.2, 0.25) is 0 Å². The average molecular weight is 342 g/mol. The van der Waals surface area contributed by atoms with Gasteiger partial charge < -0.3 is 14.9 Å². The molecule has 0 aromatic carbocycles. The van der Waals surface area contributed by atoms with E-state index in [2.05, 4.69) is 6.92 Å². The topological polar surface area (TPSA) is 83.8 Å². The highest BCUT2D eigenvalue weighted by Crippen LogP contribution is 2.31. The van der Waals surface area contributed by atoms with Gasteiger partial charge in [-0.2, -0.15) is 0 Å². The number of hydrogen-bond donors (Lipinski definition) is 2. The minimum Gasteiger partial charge on any atom is -0.481 e. The molecular formula is C19H34O5. The third kappa shape index (κ3) is 8.13. The van der Waals surface area contributed by atoms with E-state index in [1.54, 1.807) is 0 Å². The van der Waals surface area contributed by atoms with Crippen molar-refractivity contribution in [3.63, 3.8) is 0 Å². The van der Waals surface area contributed by atoms with Crippen LogP contribution in [0.2, 0.25) is 0 Å². The molecule has 0 amide bonds. The maximum Gasteiger partial charge on any atom is 0.309 e. The molecule has 1 rings (SSSR count). The summed E-state index contributed by atoms with van der Waals surface area (Å²) in [6, 6.07) is 0. The van der Waals surface area contributed by atoms with Crippen molar-refractivity contribution in [2.24, 2.45) is 11.8 Å². The summed E-state index contributed by atoms with van der Waals surface area (Å²) in [5, 5.41) is 19.1. The summed E-state index contributed by atoms with van der Waals surface area (Å²) in [6.07, 6.45) is 11.1. The smallest absolute Gasteiger partial charge is 0.309 e. The number of carboxylic acid groups (broad SMARTS) is 1. The maximum absolute atomic E-state index is 12.1. The summed E-state index contributed by atoms with van der Waals surface area (Å²) in [7, 11) is 0. The van der Waals surface area contributed by atoms with Crippen molar-refractivity contribution in [3.05, 3.63) is 0 Å². The lowest BCUT2D eigenvalue weighted by Crippen LogP contribution is -2.35. The average Bonchev–Trinajstić information content (AvgIpc) is 2.58. The van der Waals surface area contributed by atoms with Gasteiger partial charge in [-0.3, -0.25) is 9.59 Å². The molecule has 0 radical (unpaired) electrons. The first-order valence-corrected chi connectivity index (χ1v) is 9.63. The monoisotopic (exact) mass is 342 g/mol. The van der Waals surface area contributed by atoms with E-state index in [0.29, 0.717) is 19.3 Å². The fourth-order valence-corrected chi connectivity index (χ4v) is 3.41. The van der Waals surface area contributed by atoms with Gasteiger partial charge in [0.25, 0.3) is 0 Å². The highest BCUT2D eigenvalue weighted by Gasteiger charge is 2.36. The quantitative estimate of drug-likeness (QED) is 0.415. The molecule has 2 N–H and O–H groups in total. The summed E-state index contributed by atoms with van der Waals surface area (Å²) in [5.74, 6) is -2.56. The molecule has 1 aliphatic carbocycles. The third-order valence-corrected chi connectivity index (χ3v) is 4.94. The Hall–Kier alpha value is -1.10. The van der Waals surface area contributed by atoms with Crippen LogP contribution in [0, 0.1) is 11.8 Å². The first kappa shape index (κ1) is 20.9. The number of ether oxygens (including phenoxy) is 1. The van der Waals surface area contributed by atoms with E-state index in [1.165, 1.54) is 32.1 Å². The van der Waals surface area contributed by atoms with E-state index < -0.39 is 29.9 Å². The van der Waals surface area contributed by atoms with Crippen molar-refractivity contribution >= 4 is 11.9 Å². The minimum atomic E-state index is -0.916. The highest BCUT2D eigenvalue weighted by atomic mass is 16.5. The number of aliphatic carboxylic acids is 1. The summed E-state index contributed by atoms with van der Waals surface area (Å²) < 4.78 is 5.18. The van der Waals surface area contributed by atoms with Crippen molar-refractivity contribution < 1.29 is 24.5 Å². The van der Waals surface area contributed by atoms with Crippen molar-refractivity contribution in [2.45, 2.75) is 90.1 Å². The van der Waals surface area contributed by atoms with Gasteiger partial charge in [-0.15, -0.1) is 0 Å². The number of rotatable bonds is 12. The molecule has 5 heteroatoms. The second kappa shape index (κ2) is 12.3. The summed E-state index contributed by atoms with van der Waals surface area (Å²) >= 11 is 0. The Kier molecular flexibility index (Phi) is 10.7. The van der Waals surface area contributed by atoms with Gasteiger partial charge in [-0.05, 0) is 19.3 Å². The molecule has 0 spiro atoms. The van der Waals surface area contributed by atoms with E-state index in [1.807, 2.05) is 0 Å². The lowest BCUT2D eigenvalue weighted by molar-refractivity contribution is -0.161. The Bertz CT molecular complexity index is 369. The standard InChI is InChI=1S/C19H34O5/c1-2-3-4-5-6-7-8-11-15(20)14-24-19(23)17-13-10-9-12-16(17)18(21)22/h15-17,20H,2-14H2,1H3,(H,21,22). The number of carbonyl (C=O) groups is 2. The molecule has 0 aliphatic heterocycles. The SMILES string of the molecule is CCCCCCCCCC(O)COC(=O)C1CCCCC1C(=O)O. The van der Waals surface area contributed by atoms with Crippen LogP contribution < -0.4 is 0 Å². The van der Waals surface area contributed by atoms with Crippen LogP contribution in [0.3, 0.4) is 0 Å². The predicted octanol–water partition coefficient (Wildman–Crippen LogP) is 3.92. The van der Waals surface area contributed by atoms with Crippen LogP contribution in [0.25, 0.3) is 0 Å². The van der Waals surface area contributed by atoms with E-state index in [9.17, 15) is 19.8 Å². The van der Waals surface area contributed by atoms with Gasteiger partial charge in [0.05, 0.1) is 17.9 Å². The molecule has 24 heavy (non-hydrogen) atoms. The zero-order valence-electron chi connectivity index (χ0n) is 15.0. The second-order valence-corrected chi connectivity index (χ2v) is 7.03. The maximum atomic E-state index is 12.1. The largest absolute Gasteiger partial charge is 0.481 e. The van der Waals surface area contributed by atoms with Crippen LogP contribution in [0.5, 0.6) is 0 Å². The van der Waals surface area contributed by atoms with E-state index in [0.717, 1.165) is 25.7 Å². The van der Waals surface area contributed by atoms with Gasteiger partial charge >= 0.3 is 11.9 Å². The Morgan fingerprint density at radius 3 is 2.21 bits per heavy atom. The highest BCUT2D eigenvalue weighted by molar-refractivity contribution is 5.81. The van der Waals surface area contributed by atoms with Gasteiger partial charge in [-0.1, -0.05) is 64.7 Å². The minimum absolute atomic E-state index is 0.0164. The third-order valence-electron chi connectivity index (χ3n) is 4.94. The number of esters is 1. The molecule has 5 nitrogen and oxygen atoms in total. The fraction of sp³-hybridized carbons (Fsp3) is 0.895. The zero-order valence-corrected chi connectivity index (χ0v) is 15.0. The summed E-state index contributed by atoms with van der Waals surface area (Å²) in [6.45, 7) is 2.18. The van der Waals surface area contributed by atoms with Crippen LogP contribution in [0.15, 0.2) is 0 Å².